The molecule has 0 aliphatic rings. The zero-order valence-electron chi connectivity index (χ0n) is 17.0. The summed E-state index contributed by atoms with van der Waals surface area (Å²) in [6, 6.07) is 15.1. The standard InChI is InChI=1S/C23H23N3O3S/c1-3-4-12-26-22(28)21-20(17-10-5-6-11-18(17)29-21)25-23(26)30-14-19(27)24-16-9-7-8-15(2)13-16/h5-11,13H,3-4,12,14H2,1-2H3,(H,24,27). The van der Waals surface area contributed by atoms with Crippen LogP contribution in [-0.4, -0.2) is 21.2 Å². The maximum absolute atomic E-state index is 13.1. The van der Waals surface area contributed by atoms with E-state index in [1.54, 1.807) is 4.57 Å². The zero-order valence-corrected chi connectivity index (χ0v) is 17.8. The third-order valence-electron chi connectivity index (χ3n) is 4.82. The molecule has 6 nitrogen and oxygen atoms in total. The van der Waals surface area contributed by atoms with E-state index in [1.165, 1.54) is 11.8 Å². The Kier molecular flexibility index (Phi) is 5.90. The van der Waals surface area contributed by atoms with Crippen LogP contribution in [0.4, 0.5) is 5.69 Å². The van der Waals surface area contributed by atoms with Crippen LogP contribution in [-0.2, 0) is 11.3 Å². The number of carbonyl (C=O) groups excluding carboxylic acids is 1. The summed E-state index contributed by atoms with van der Waals surface area (Å²) in [6.45, 7) is 4.59. The molecule has 0 aliphatic carbocycles. The summed E-state index contributed by atoms with van der Waals surface area (Å²) < 4.78 is 7.41. The van der Waals surface area contributed by atoms with Crippen molar-refractivity contribution in [1.29, 1.82) is 0 Å². The molecule has 2 aromatic carbocycles. The summed E-state index contributed by atoms with van der Waals surface area (Å²) >= 11 is 1.27. The number of benzene rings is 2. The molecule has 4 rings (SSSR count). The Morgan fingerprint density at radius 3 is 2.83 bits per heavy atom. The second kappa shape index (κ2) is 8.75. The van der Waals surface area contributed by atoms with E-state index in [-0.39, 0.29) is 22.8 Å². The van der Waals surface area contributed by atoms with Crippen LogP contribution in [0.3, 0.4) is 0 Å². The van der Waals surface area contributed by atoms with E-state index in [1.807, 2.05) is 55.5 Å². The van der Waals surface area contributed by atoms with E-state index in [0.717, 1.165) is 29.5 Å². The smallest absolute Gasteiger partial charge is 0.297 e. The van der Waals surface area contributed by atoms with E-state index >= 15 is 0 Å². The minimum atomic E-state index is -0.203. The van der Waals surface area contributed by atoms with Gasteiger partial charge in [0.1, 0.15) is 11.1 Å². The molecule has 0 radical (unpaired) electrons. The van der Waals surface area contributed by atoms with Crippen molar-refractivity contribution >= 4 is 45.4 Å². The molecule has 0 saturated heterocycles. The van der Waals surface area contributed by atoms with Crippen LogP contribution in [0.25, 0.3) is 22.1 Å². The molecule has 2 aromatic heterocycles. The summed E-state index contributed by atoms with van der Waals surface area (Å²) in [5, 5.41) is 4.24. The second-order valence-corrected chi connectivity index (χ2v) is 8.13. The van der Waals surface area contributed by atoms with Crippen LogP contribution in [0.1, 0.15) is 25.3 Å². The van der Waals surface area contributed by atoms with Crippen molar-refractivity contribution in [2.24, 2.45) is 0 Å². The lowest BCUT2D eigenvalue weighted by Crippen LogP contribution is -2.24. The predicted octanol–water partition coefficient (Wildman–Crippen LogP) is 4.98. The minimum Gasteiger partial charge on any atom is -0.448 e. The van der Waals surface area contributed by atoms with E-state index in [0.29, 0.717) is 22.8 Å². The molecule has 4 aromatic rings. The first-order valence-electron chi connectivity index (χ1n) is 9.98. The van der Waals surface area contributed by atoms with E-state index in [4.69, 9.17) is 9.40 Å². The first-order valence-corrected chi connectivity index (χ1v) is 11.0. The van der Waals surface area contributed by atoms with Gasteiger partial charge in [0, 0.05) is 17.6 Å². The van der Waals surface area contributed by atoms with Gasteiger partial charge in [0.25, 0.3) is 5.56 Å². The summed E-state index contributed by atoms with van der Waals surface area (Å²) in [4.78, 5) is 30.3. The van der Waals surface area contributed by atoms with E-state index < -0.39 is 0 Å². The van der Waals surface area contributed by atoms with Crippen molar-refractivity contribution in [3.8, 4) is 0 Å². The Morgan fingerprint density at radius 2 is 2.03 bits per heavy atom. The highest BCUT2D eigenvalue weighted by molar-refractivity contribution is 7.99. The first-order chi connectivity index (χ1) is 14.6. The van der Waals surface area contributed by atoms with Crippen molar-refractivity contribution in [2.75, 3.05) is 11.1 Å². The number of carbonyl (C=O) groups is 1. The van der Waals surface area contributed by atoms with E-state index in [2.05, 4.69) is 12.2 Å². The molecular weight excluding hydrogens is 398 g/mol. The number of aromatic nitrogens is 2. The third-order valence-corrected chi connectivity index (χ3v) is 5.79. The lowest BCUT2D eigenvalue weighted by molar-refractivity contribution is -0.113. The Morgan fingerprint density at radius 1 is 1.20 bits per heavy atom. The number of furan rings is 1. The normalized spacial score (nSPS) is 11.3. The molecule has 2 heterocycles. The van der Waals surface area contributed by atoms with Gasteiger partial charge in [0.15, 0.2) is 5.16 Å². The fourth-order valence-corrected chi connectivity index (χ4v) is 4.15. The molecule has 0 unspecified atom stereocenters. The molecule has 0 fully saturated rings. The number of fused-ring (bicyclic) bond motifs is 3. The number of para-hydroxylation sites is 1. The van der Waals surface area contributed by atoms with Gasteiger partial charge in [0.2, 0.25) is 11.5 Å². The molecule has 1 amide bonds. The van der Waals surface area contributed by atoms with Crippen LogP contribution in [0, 0.1) is 6.92 Å². The number of hydrogen-bond donors (Lipinski definition) is 1. The highest BCUT2D eigenvalue weighted by Crippen LogP contribution is 2.27. The van der Waals surface area contributed by atoms with Gasteiger partial charge in [-0.15, -0.1) is 0 Å². The number of unbranched alkanes of at least 4 members (excludes halogenated alkanes) is 1. The largest absolute Gasteiger partial charge is 0.448 e. The van der Waals surface area contributed by atoms with Crippen LogP contribution in [0.2, 0.25) is 0 Å². The Bertz CT molecular complexity index is 1280. The monoisotopic (exact) mass is 421 g/mol. The third kappa shape index (κ3) is 4.11. The number of nitrogens with one attached hydrogen (secondary N) is 1. The Hall–Kier alpha value is -3.06. The average Bonchev–Trinajstić information content (AvgIpc) is 3.11. The number of nitrogens with zero attached hydrogens (tertiary/aromatic N) is 2. The molecule has 0 aliphatic heterocycles. The predicted molar refractivity (Wildman–Crippen MR) is 121 cm³/mol. The number of anilines is 1. The number of amides is 1. The molecule has 0 atom stereocenters. The number of thioether (sulfide) groups is 1. The summed E-state index contributed by atoms with van der Waals surface area (Å²) in [5.41, 5.74) is 3.08. The van der Waals surface area contributed by atoms with Crippen LogP contribution >= 0.6 is 11.8 Å². The number of rotatable bonds is 7. The van der Waals surface area contributed by atoms with Gasteiger partial charge < -0.3 is 9.73 Å². The van der Waals surface area contributed by atoms with E-state index in [9.17, 15) is 9.59 Å². The highest BCUT2D eigenvalue weighted by Gasteiger charge is 2.18. The second-order valence-electron chi connectivity index (χ2n) is 7.19. The van der Waals surface area contributed by atoms with Gasteiger partial charge in [-0.05, 0) is 43.2 Å². The van der Waals surface area contributed by atoms with Crippen molar-refractivity contribution in [1.82, 2.24) is 9.55 Å². The van der Waals surface area contributed by atoms with Crippen molar-refractivity contribution in [2.45, 2.75) is 38.4 Å². The summed E-state index contributed by atoms with van der Waals surface area (Å²) in [7, 11) is 0. The lowest BCUT2D eigenvalue weighted by atomic mass is 10.2. The maximum Gasteiger partial charge on any atom is 0.297 e. The number of hydrogen-bond acceptors (Lipinski definition) is 5. The fraction of sp³-hybridized carbons (Fsp3) is 0.261. The van der Waals surface area contributed by atoms with Crippen molar-refractivity contribution in [3.63, 3.8) is 0 Å². The summed E-state index contributed by atoms with van der Waals surface area (Å²) in [6.07, 6.45) is 1.79. The van der Waals surface area contributed by atoms with Gasteiger partial charge in [-0.1, -0.05) is 49.4 Å². The Balaban J connectivity index is 1.65. The summed E-state index contributed by atoms with van der Waals surface area (Å²) in [5.74, 6) is 0.0207. The molecule has 0 saturated carbocycles. The van der Waals surface area contributed by atoms with Gasteiger partial charge in [0.05, 0.1) is 5.75 Å². The van der Waals surface area contributed by atoms with Gasteiger partial charge >= 0.3 is 0 Å². The fourth-order valence-electron chi connectivity index (χ4n) is 3.33. The highest BCUT2D eigenvalue weighted by atomic mass is 32.2. The minimum absolute atomic E-state index is 0.140. The average molecular weight is 422 g/mol. The SMILES string of the molecule is CCCCn1c(SCC(=O)Nc2cccc(C)c2)nc2c(oc3ccccc32)c1=O. The maximum atomic E-state index is 13.1. The van der Waals surface area contributed by atoms with Gasteiger partial charge in [-0.3, -0.25) is 14.2 Å². The molecule has 1 N–H and O–H groups in total. The van der Waals surface area contributed by atoms with Crippen LogP contribution in [0.5, 0.6) is 0 Å². The van der Waals surface area contributed by atoms with Crippen molar-refractivity contribution < 1.29 is 9.21 Å². The zero-order chi connectivity index (χ0) is 21.1. The lowest BCUT2D eigenvalue weighted by Gasteiger charge is -2.11. The molecule has 30 heavy (non-hydrogen) atoms. The van der Waals surface area contributed by atoms with Crippen LogP contribution in [0.15, 0.2) is 62.9 Å². The van der Waals surface area contributed by atoms with Crippen LogP contribution < -0.4 is 10.9 Å². The molecule has 7 heteroatoms. The van der Waals surface area contributed by atoms with Crippen molar-refractivity contribution in [3.05, 3.63) is 64.4 Å². The van der Waals surface area contributed by atoms with Gasteiger partial charge in [-0.25, -0.2) is 4.98 Å². The Labute approximate surface area is 178 Å². The number of aryl methyl sites for hydroxylation is 1. The molecular formula is C23H23N3O3S. The first kappa shape index (κ1) is 20.2. The topological polar surface area (TPSA) is 77.1 Å². The molecule has 0 bridgehead atoms. The molecule has 154 valence electrons. The van der Waals surface area contributed by atoms with Gasteiger partial charge in [-0.2, -0.15) is 0 Å². The molecule has 0 spiro atoms. The quantitative estimate of drug-likeness (QED) is 0.336.